The number of hydrogen-bond acceptors (Lipinski definition) is 3. The van der Waals surface area contributed by atoms with Gasteiger partial charge >= 0.3 is 0 Å². The van der Waals surface area contributed by atoms with Gasteiger partial charge in [-0.15, -0.1) is 0 Å². The monoisotopic (exact) mass is 272 g/mol. The molecule has 2 aliphatic carbocycles. The number of fused-ring (bicyclic) bond motifs is 2. The van der Waals surface area contributed by atoms with E-state index in [0.29, 0.717) is 11.8 Å². The zero-order valence-corrected chi connectivity index (χ0v) is 11.4. The van der Waals surface area contributed by atoms with Crippen molar-refractivity contribution in [2.45, 2.75) is 25.3 Å². The lowest BCUT2D eigenvalue weighted by atomic mass is 9.85. The van der Waals surface area contributed by atoms with E-state index >= 15 is 0 Å². The molecule has 106 valence electrons. The normalized spacial score (nSPS) is 31.9. The lowest BCUT2D eigenvalue weighted by Gasteiger charge is -2.30. The Labute approximate surface area is 118 Å². The molecule has 2 bridgehead atoms. The quantitative estimate of drug-likeness (QED) is 0.819. The SMILES string of the molecule is O=C(/C=C/c1cccnc1)NC1C2CCC(C2)C1CO. The lowest BCUT2D eigenvalue weighted by molar-refractivity contribution is -0.117. The molecule has 0 radical (unpaired) electrons. The van der Waals surface area contributed by atoms with Gasteiger partial charge in [0, 0.05) is 37.0 Å². The number of aliphatic hydroxyl groups is 1. The molecule has 0 spiro atoms. The first-order valence-corrected chi connectivity index (χ1v) is 7.27. The maximum absolute atomic E-state index is 12.0. The van der Waals surface area contributed by atoms with Gasteiger partial charge in [0.15, 0.2) is 0 Å². The van der Waals surface area contributed by atoms with E-state index in [1.165, 1.54) is 12.8 Å². The average Bonchev–Trinajstić information content (AvgIpc) is 3.07. The molecule has 1 heterocycles. The number of amides is 1. The first-order valence-electron chi connectivity index (χ1n) is 7.27. The van der Waals surface area contributed by atoms with Gasteiger partial charge in [-0.05, 0) is 48.8 Å². The van der Waals surface area contributed by atoms with Crippen LogP contribution < -0.4 is 5.32 Å². The highest BCUT2D eigenvalue weighted by Crippen LogP contribution is 2.48. The minimum absolute atomic E-state index is 0.0788. The fraction of sp³-hybridized carbons (Fsp3) is 0.500. The second-order valence-corrected chi connectivity index (χ2v) is 5.83. The van der Waals surface area contributed by atoms with E-state index in [9.17, 15) is 9.90 Å². The second kappa shape index (κ2) is 5.75. The van der Waals surface area contributed by atoms with Gasteiger partial charge in [-0.3, -0.25) is 9.78 Å². The molecule has 3 rings (SSSR count). The van der Waals surface area contributed by atoms with Crippen molar-refractivity contribution in [2.75, 3.05) is 6.61 Å². The van der Waals surface area contributed by atoms with Crippen molar-refractivity contribution in [2.24, 2.45) is 17.8 Å². The minimum atomic E-state index is -0.0788. The number of carbonyl (C=O) groups is 1. The lowest BCUT2D eigenvalue weighted by Crippen LogP contribution is -2.44. The number of rotatable bonds is 4. The van der Waals surface area contributed by atoms with E-state index in [2.05, 4.69) is 10.3 Å². The molecule has 2 fully saturated rings. The van der Waals surface area contributed by atoms with E-state index in [1.807, 2.05) is 12.1 Å². The molecule has 4 heteroatoms. The predicted molar refractivity (Wildman–Crippen MR) is 76.6 cm³/mol. The number of aliphatic hydroxyl groups excluding tert-OH is 1. The first kappa shape index (κ1) is 13.3. The Morgan fingerprint density at radius 3 is 3.05 bits per heavy atom. The van der Waals surface area contributed by atoms with Gasteiger partial charge in [0.1, 0.15) is 0 Å². The van der Waals surface area contributed by atoms with Gasteiger partial charge in [-0.1, -0.05) is 6.07 Å². The third-order valence-corrected chi connectivity index (χ3v) is 4.72. The van der Waals surface area contributed by atoms with Crippen molar-refractivity contribution in [1.29, 1.82) is 0 Å². The summed E-state index contributed by atoms with van der Waals surface area (Å²) in [7, 11) is 0. The van der Waals surface area contributed by atoms with Gasteiger partial charge in [0.05, 0.1) is 0 Å². The van der Waals surface area contributed by atoms with Crippen LogP contribution in [-0.4, -0.2) is 28.6 Å². The van der Waals surface area contributed by atoms with Crippen LogP contribution in [0, 0.1) is 17.8 Å². The van der Waals surface area contributed by atoms with Gasteiger partial charge in [0.2, 0.25) is 5.91 Å². The summed E-state index contributed by atoms with van der Waals surface area (Å²) >= 11 is 0. The zero-order valence-electron chi connectivity index (χ0n) is 11.4. The number of carbonyl (C=O) groups excluding carboxylic acids is 1. The summed E-state index contributed by atoms with van der Waals surface area (Å²) in [5.41, 5.74) is 0.911. The van der Waals surface area contributed by atoms with E-state index in [4.69, 9.17) is 0 Å². The van der Waals surface area contributed by atoms with Crippen LogP contribution in [0.2, 0.25) is 0 Å². The summed E-state index contributed by atoms with van der Waals surface area (Å²) in [6, 6.07) is 3.89. The Morgan fingerprint density at radius 2 is 2.30 bits per heavy atom. The average molecular weight is 272 g/mol. The van der Waals surface area contributed by atoms with Crippen molar-refractivity contribution >= 4 is 12.0 Å². The van der Waals surface area contributed by atoms with E-state index in [0.717, 1.165) is 12.0 Å². The molecule has 20 heavy (non-hydrogen) atoms. The Balaban J connectivity index is 1.60. The third kappa shape index (κ3) is 2.61. The van der Waals surface area contributed by atoms with Crippen LogP contribution in [0.5, 0.6) is 0 Å². The van der Waals surface area contributed by atoms with Crippen LogP contribution in [0.1, 0.15) is 24.8 Å². The maximum atomic E-state index is 12.0. The van der Waals surface area contributed by atoms with Crippen molar-refractivity contribution in [3.05, 3.63) is 36.2 Å². The van der Waals surface area contributed by atoms with E-state index < -0.39 is 0 Å². The van der Waals surface area contributed by atoms with Crippen LogP contribution in [0.4, 0.5) is 0 Å². The Morgan fingerprint density at radius 1 is 1.45 bits per heavy atom. The van der Waals surface area contributed by atoms with Gasteiger partial charge in [-0.2, -0.15) is 0 Å². The van der Waals surface area contributed by atoms with Crippen molar-refractivity contribution in [1.82, 2.24) is 10.3 Å². The van der Waals surface area contributed by atoms with Crippen molar-refractivity contribution < 1.29 is 9.90 Å². The van der Waals surface area contributed by atoms with Crippen LogP contribution in [0.3, 0.4) is 0 Å². The van der Waals surface area contributed by atoms with Gasteiger partial charge in [0.25, 0.3) is 0 Å². The Kier molecular flexibility index (Phi) is 3.83. The zero-order chi connectivity index (χ0) is 13.9. The van der Waals surface area contributed by atoms with E-state index in [1.54, 1.807) is 24.5 Å². The molecule has 1 aromatic rings. The standard InChI is InChI=1S/C16H20N2O2/c19-10-14-12-4-5-13(8-12)16(14)18-15(20)6-3-11-2-1-7-17-9-11/h1-3,6-7,9,12-14,16,19H,4-5,8,10H2,(H,18,20)/b6-3+. The van der Waals surface area contributed by atoms with Crippen LogP contribution in [-0.2, 0) is 4.79 Å². The number of aromatic nitrogens is 1. The largest absolute Gasteiger partial charge is 0.396 e. The molecule has 0 aliphatic heterocycles. The summed E-state index contributed by atoms with van der Waals surface area (Å²) in [5, 5.41) is 12.6. The molecular weight excluding hydrogens is 252 g/mol. The van der Waals surface area contributed by atoms with Crippen LogP contribution >= 0.6 is 0 Å². The molecule has 0 aromatic carbocycles. The third-order valence-electron chi connectivity index (χ3n) is 4.72. The molecular formula is C16H20N2O2. The highest BCUT2D eigenvalue weighted by atomic mass is 16.3. The minimum Gasteiger partial charge on any atom is -0.396 e. The molecule has 2 saturated carbocycles. The molecule has 0 saturated heterocycles. The van der Waals surface area contributed by atoms with Gasteiger partial charge < -0.3 is 10.4 Å². The summed E-state index contributed by atoms with van der Waals surface area (Å²) < 4.78 is 0. The number of nitrogens with zero attached hydrogens (tertiary/aromatic N) is 1. The summed E-state index contributed by atoms with van der Waals surface area (Å²) in [5.74, 6) is 1.31. The number of hydrogen-bond donors (Lipinski definition) is 2. The smallest absolute Gasteiger partial charge is 0.244 e. The molecule has 2 N–H and O–H groups in total. The molecule has 2 aliphatic rings. The fourth-order valence-electron chi connectivity index (χ4n) is 3.76. The van der Waals surface area contributed by atoms with Crippen molar-refractivity contribution in [3.8, 4) is 0 Å². The van der Waals surface area contributed by atoms with Crippen molar-refractivity contribution in [3.63, 3.8) is 0 Å². The predicted octanol–water partition coefficient (Wildman–Crippen LogP) is 1.62. The Hall–Kier alpha value is -1.68. The second-order valence-electron chi connectivity index (χ2n) is 5.83. The number of pyridine rings is 1. The Bertz CT molecular complexity index is 500. The molecule has 1 amide bonds. The molecule has 4 unspecified atom stereocenters. The molecule has 4 atom stereocenters. The summed E-state index contributed by atoms with van der Waals surface area (Å²) in [6.45, 7) is 0.179. The number of nitrogens with one attached hydrogen (secondary N) is 1. The molecule has 1 aromatic heterocycles. The van der Waals surface area contributed by atoms with Crippen LogP contribution in [0.15, 0.2) is 30.6 Å². The fourth-order valence-corrected chi connectivity index (χ4v) is 3.76. The first-order chi connectivity index (χ1) is 9.78. The molecule has 4 nitrogen and oxygen atoms in total. The summed E-state index contributed by atoms with van der Waals surface area (Å²) in [6.07, 6.45) is 10.3. The van der Waals surface area contributed by atoms with E-state index in [-0.39, 0.29) is 24.5 Å². The topological polar surface area (TPSA) is 62.2 Å². The van der Waals surface area contributed by atoms with Gasteiger partial charge in [-0.25, -0.2) is 0 Å². The van der Waals surface area contributed by atoms with Crippen LogP contribution in [0.25, 0.3) is 6.08 Å². The highest BCUT2D eigenvalue weighted by Gasteiger charge is 2.47. The maximum Gasteiger partial charge on any atom is 0.244 e. The highest BCUT2D eigenvalue weighted by molar-refractivity contribution is 5.91. The summed E-state index contributed by atoms with van der Waals surface area (Å²) in [4.78, 5) is 16.0.